The van der Waals surface area contributed by atoms with Gasteiger partial charge in [0.15, 0.2) is 5.82 Å². The zero-order valence-corrected chi connectivity index (χ0v) is 15.6. The Hall–Kier alpha value is -2.09. The van der Waals surface area contributed by atoms with Crippen LogP contribution in [-0.2, 0) is 17.8 Å². The van der Waals surface area contributed by atoms with Crippen LogP contribution in [0.4, 0.5) is 5.82 Å². The van der Waals surface area contributed by atoms with E-state index >= 15 is 0 Å². The number of methoxy groups -OCH3 is 1. The number of hydrogen-bond acceptors (Lipinski definition) is 7. The molecule has 0 unspecified atom stereocenters. The lowest BCUT2D eigenvalue weighted by molar-refractivity contribution is 0.177. The minimum absolute atomic E-state index is 0.302. The van der Waals surface area contributed by atoms with E-state index in [1.54, 1.807) is 18.4 Å². The summed E-state index contributed by atoms with van der Waals surface area (Å²) in [6.07, 6.45) is 2.86. The smallest absolute Gasteiger partial charge is 0.156 e. The summed E-state index contributed by atoms with van der Waals surface area (Å²) < 4.78 is 6.44. The Kier molecular flexibility index (Phi) is 5.10. The molecule has 4 rings (SSSR count). The van der Waals surface area contributed by atoms with Gasteiger partial charge in [-0.3, -0.25) is 0 Å². The Morgan fingerprint density at radius 3 is 2.85 bits per heavy atom. The first-order valence-electron chi connectivity index (χ1n) is 8.92. The summed E-state index contributed by atoms with van der Waals surface area (Å²) in [5.41, 5.74) is 8.06. The number of aromatic nitrogens is 3. The van der Waals surface area contributed by atoms with Gasteiger partial charge in [0, 0.05) is 43.8 Å². The summed E-state index contributed by atoms with van der Waals surface area (Å²) in [6.45, 7) is 1.20. The molecule has 3 aromatic rings. The highest BCUT2D eigenvalue weighted by molar-refractivity contribution is 7.18. The maximum atomic E-state index is 5.93. The first-order chi connectivity index (χ1) is 12.7. The van der Waals surface area contributed by atoms with Gasteiger partial charge in [0.05, 0.1) is 15.2 Å². The van der Waals surface area contributed by atoms with Gasteiger partial charge in [0.25, 0.3) is 0 Å². The maximum Gasteiger partial charge on any atom is 0.156 e. The van der Waals surface area contributed by atoms with Crippen molar-refractivity contribution >= 4 is 27.4 Å². The van der Waals surface area contributed by atoms with Crippen molar-refractivity contribution < 1.29 is 4.74 Å². The van der Waals surface area contributed by atoms with Crippen LogP contribution in [0.15, 0.2) is 30.3 Å². The summed E-state index contributed by atoms with van der Waals surface area (Å²) in [4.78, 5) is 13.9. The molecule has 0 radical (unpaired) electrons. The van der Waals surface area contributed by atoms with Crippen LogP contribution in [0.2, 0.25) is 0 Å². The van der Waals surface area contributed by atoms with Crippen LogP contribution in [0.3, 0.4) is 0 Å². The Balaban J connectivity index is 1.43. The van der Waals surface area contributed by atoms with Crippen molar-refractivity contribution in [3.8, 4) is 0 Å². The highest BCUT2D eigenvalue weighted by Gasteiger charge is 2.29. The minimum atomic E-state index is 0.302. The molecule has 26 heavy (non-hydrogen) atoms. The molecule has 0 aliphatic heterocycles. The number of ether oxygens (including phenoxy) is 1. The average Bonchev–Trinajstić information content (AvgIpc) is 3.02. The molecule has 0 atom stereocenters. The average molecular weight is 369 g/mol. The SMILES string of the molecule is COCc1nc(NCCc2nc3ccccc3s2)cc(C2CC(N)C2)n1. The molecule has 1 aliphatic rings. The standard InChI is InChI=1S/C19H23N5OS/c1-25-11-18-22-15(12-8-13(20)9-12)10-17(24-18)21-7-6-19-23-14-4-2-3-5-16(14)26-19/h2-5,10,12-13H,6-9,11,20H2,1H3,(H,21,22,24). The van der Waals surface area contributed by atoms with E-state index in [0.29, 0.717) is 24.4 Å². The number of hydrogen-bond donors (Lipinski definition) is 2. The Morgan fingerprint density at radius 1 is 1.23 bits per heavy atom. The van der Waals surface area contributed by atoms with Gasteiger partial charge in [-0.15, -0.1) is 11.3 Å². The van der Waals surface area contributed by atoms with Gasteiger partial charge < -0.3 is 15.8 Å². The highest BCUT2D eigenvalue weighted by atomic mass is 32.1. The number of nitrogens with two attached hydrogens (primary N) is 1. The van der Waals surface area contributed by atoms with Gasteiger partial charge in [0.1, 0.15) is 12.4 Å². The summed E-state index contributed by atoms with van der Waals surface area (Å²) in [5, 5.41) is 4.55. The third kappa shape index (κ3) is 3.85. The lowest BCUT2D eigenvalue weighted by atomic mass is 9.78. The molecule has 0 amide bonds. The van der Waals surface area contributed by atoms with Crippen molar-refractivity contribution in [1.29, 1.82) is 0 Å². The molecule has 0 spiro atoms. The van der Waals surface area contributed by atoms with E-state index in [1.807, 2.05) is 12.1 Å². The molecule has 2 heterocycles. The minimum Gasteiger partial charge on any atom is -0.377 e. The normalized spacial score (nSPS) is 19.5. The molecule has 0 saturated heterocycles. The zero-order chi connectivity index (χ0) is 17.9. The molecule has 1 saturated carbocycles. The van der Waals surface area contributed by atoms with Gasteiger partial charge in [-0.25, -0.2) is 15.0 Å². The van der Waals surface area contributed by atoms with E-state index in [4.69, 9.17) is 10.5 Å². The van der Waals surface area contributed by atoms with Crippen molar-refractivity contribution in [3.63, 3.8) is 0 Å². The third-order valence-electron chi connectivity index (χ3n) is 4.64. The molecule has 1 aliphatic carbocycles. The van der Waals surface area contributed by atoms with E-state index in [2.05, 4.69) is 38.5 Å². The predicted molar refractivity (Wildman–Crippen MR) is 105 cm³/mol. The Bertz CT molecular complexity index is 858. The topological polar surface area (TPSA) is 86.0 Å². The van der Waals surface area contributed by atoms with Crippen LogP contribution in [0.5, 0.6) is 0 Å². The third-order valence-corrected chi connectivity index (χ3v) is 5.74. The van der Waals surface area contributed by atoms with Gasteiger partial charge in [-0.2, -0.15) is 0 Å². The van der Waals surface area contributed by atoms with Gasteiger partial charge in [-0.1, -0.05) is 12.1 Å². The Morgan fingerprint density at radius 2 is 2.08 bits per heavy atom. The number of rotatable bonds is 7. The fraction of sp³-hybridized carbons (Fsp3) is 0.421. The maximum absolute atomic E-state index is 5.93. The van der Waals surface area contributed by atoms with Gasteiger partial charge >= 0.3 is 0 Å². The summed E-state index contributed by atoms with van der Waals surface area (Å²) in [5.74, 6) is 2.00. The summed E-state index contributed by atoms with van der Waals surface area (Å²) in [7, 11) is 1.66. The van der Waals surface area contributed by atoms with Crippen molar-refractivity contribution in [2.75, 3.05) is 19.0 Å². The highest BCUT2D eigenvalue weighted by Crippen LogP contribution is 2.35. The number of nitrogens with one attached hydrogen (secondary N) is 1. The number of anilines is 1. The number of para-hydroxylation sites is 1. The molecule has 136 valence electrons. The van der Waals surface area contributed by atoms with Crippen LogP contribution >= 0.6 is 11.3 Å². The van der Waals surface area contributed by atoms with Crippen molar-refractivity contribution in [2.24, 2.45) is 5.73 Å². The lowest BCUT2D eigenvalue weighted by Crippen LogP contribution is -2.35. The van der Waals surface area contributed by atoms with Crippen molar-refractivity contribution in [3.05, 3.63) is 46.9 Å². The fourth-order valence-electron chi connectivity index (χ4n) is 3.24. The molecule has 2 aromatic heterocycles. The fourth-order valence-corrected chi connectivity index (χ4v) is 4.21. The second-order valence-corrected chi connectivity index (χ2v) is 7.82. The first-order valence-corrected chi connectivity index (χ1v) is 9.73. The van der Waals surface area contributed by atoms with Crippen molar-refractivity contribution in [1.82, 2.24) is 15.0 Å². The summed E-state index contributed by atoms with van der Waals surface area (Å²) in [6, 6.07) is 10.6. The van der Waals surface area contributed by atoms with Crippen LogP contribution in [0.25, 0.3) is 10.2 Å². The van der Waals surface area contributed by atoms with E-state index in [0.717, 1.165) is 47.8 Å². The van der Waals surface area contributed by atoms with E-state index in [-0.39, 0.29) is 0 Å². The zero-order valence-electron chi connectivity index (χ0n) is 14.8. The molecule has 6 nitrogen and oxygen atoms in total. The lowest BCUT2D eigenvalue weighted by Gasteiger charge is -2.32. The van der Waals surface area contributed by atoms with Crippen LogP contribution in [0, 0.1) is 0 Å². The number of benzene rings is 1. The second-order valence-electron chi connectivity index (χ2n) is 6.71. The molecule has 1 fully saturated rings. The van der Waals surface area contributed by atoms with Crippen LogP contribution in [0.1, 0.15) is 35.3 Å². The van der Waals surface area contributed by atoms with E-state index in [1.165, 1.54) is 4.70 Å². The Labute approximate surface area is 156 Å². The van der Waals surface area contributed by atoms with Gasteiger partial charge in [0.2, 0.25) is 0 Å². The van der Waals surface area contributed by atoms with Crippen LogP contribution < -0.4 is 11.1 Å². The largest absolute Gasteiger partial charge is 0.377 e. The number of thiazole rings is 1. The van der Waals surface area contributed by atoms with E-state index in [9.17, 15) is 0 Å². The van der Waals surface area contributed by atoms with E-state index < -0.39 is 0 Å². The molecule has 7 heteroatoms. The number of nitrogens with zero attached hydrogens (tertiary/aromatic N) is 3. The molecular formula is C19H23N5OS. The quantitative estimate of drug-likeness (QED) is 0.666. The van der Waals surface area contributed by atoms with Crippen molar-refractivity contribution in [2.45, 2.75) is 37.8 Å². The molecule has 1 aromatic carbocycles. The molecular weight excluding hydrogens is 346 g/mol. The monoisotopic (exact) mass is 369 g/mol. The molecule has 3 N–H and O–H groups in total. The van der Waals surface area contributed by atoms with Crippen LogP contribution in [-0.4, -0.2) is 34.6 Å². The first kappa shape index (κ1) is 17.3. The van der Waals surface area contributed by atoms with Gasteiger partial charge in [-0.05, 0) is 25.0 Å². The summed E-state index contributed by atoms with van der Waals surface area (Å²) >= 11 is 1.75. The molecule has 0 bridgehead atoms. The predicted octanol–water partition coefficient (Wildman–Crippen LogP) is 3.09. The number of fused-ring (bicyclic) bond motifs is 1. The second kappa shape index (κ2) is 7.65.